The fourth-order valence-corrected chi connectivity index (χ4v) is 2.87. The van der Waals surface area contributed by atoms with Crippen LogP contribution in [0.4, 0.5) is 0 Å². The van der Waals surface area contributed by atoms with Gasteiger partial charge >= 0.3 is 0 Å². The van der Waals surface area contributed by atoms with E-state index >= 15 is 0 Å². The lowest BCUT2D eigenvalue weighted by Crippen LogP contribution is -2.49. The van der Waals surface area contributed by atoms with Crippen molar-refractivity contribution in [2.24, 2.45) is 11.1 Å². The average molecular weight is 343 g/mol. The standard InChI is InChI=1S/C17H21N5O3/c1-12-14(21-22(20-12)13-5-3-2-4-6-13)15(23)19-11-17(16(18)24)7-9-25-10-8-17/h2-6H,7-11H2,1H3,(H2,18,24)(H,19,23). The Hall–Kier alpha value is -2.74. The van der Waals surface area contributed by atoms with Gasteiger partial charge in [-0.05, 0) is 31.9 Å². The Morgan fingerprint density at radius 2 is 1.92 bits per heavy atom. The molecule has 0 spiro atoms. The predicted molar refractivity (Wildman–Crippen MR) is 90.1 cm³/mol. The van der Waals surface area contributed by atoms with E-state index in [0.29, 0.717) is 31.7 Å². The van der Waals surface area contributed by atoms with Gasteiger partial charge in [0, 0.05) is 19.8 Å². The molecule has 8 nitrogen and oxygen atoms in total. The summed E-state index contributed by atoms with van der Waals surface area (Å²) in [7, 11) is 0. The van der Waals surface area contributed by atoms with E-state index in [4.69, 9.17) is 10.5 Å². The second kappa shape index (κ2) is 7.02. The number of nitrogens with one attached hydrogen (secondary N) is 1. The van der Waals surface area contributed by atoms with Crippen LogP contribution in [0.5, 0.6) is 0 Å². The van der Waals surface area contributed by atoms with Crippen LogP contribution in [0.3, 0.4) is 0 Å². The van der Waals surface area contributed by atoms with Gasteiger partial charge in [-0.3, -0.25) is 9.59 Å². The van der Waals surface area contributed by atoms with Crippen molar-refractivity contribution < 1.29 is 14.3 Å². The molecule has 1 aliphatic rings. The number of nitrogens with two attached hydrogens (primary N) is 1. The number of primary amides is 1. The number of hydrogen-bond donors (Lipinski definition) is 2. The minimum Gasteiger partial charge on any atom is -0.381 e. The molecule has 132 valence electrons. The third-order valence-corrected chi connectivity index (χ3v) is 4.54. The summed E-state index contributed by atoms with van der Waals surface area (Å²) in [6.45, 7) is 2.81. The van der Waals surface area contributed by atoms with E-state index < -0.39 is 11.3 Å². The highest BCUT2D eigenvalue weighted by Crippen LogP contribution is 2.29. The van der Waals surface area contributed by atoms with Crippen molar-refractivity contribution in [3.05, 3.63) is 41.7 Å². The van der Waals surface area contributed by atoms with Crippen LogP contribution < -0.4 is 11.1 Å². The molecule has 1 aromatic carbocycles. The first-order chi connectivity index (χ1) is 12.0. The van der Waals surface area contributed by atoms with E-state index in [2.05, 4.69) is 15.5 Å². The zero-order valence-corrected chi connectivity index (χ0v) is 14.1. The van der Waals surface area contributed by atoms with Crippen molar-refractivity contribution in [2.75, 3.05) is 19.8 Å². The van der Waals surface area contributed by atoms with Crippen LogP contribution >= 0.6 is 0 Å². The molecule has 8 heteroatoms. The fraction of sp³-hybridized carbons (Fsp3) is 0.412. The highest BCUT2D eigenvalue weighted by Gasteiger charge is 2.39. The lowest BCUT2D eigenvalue weighted by molar-refractivity contribution is -0.132. The summed E-state index contributed by atoms with van der Waals surface area (Å²) in [6.07, 6.45) is 0.997. The second-order valence-electron chi connectivity index (χ2n) is 6.20. The van der Waals surface area contributed by atoms with Crippen LogP contribution in [-0.2, 0) is 9.53 Å². The van der Waals surface area contributed by atoms with E-state index in [0.717, 1.165) is 5.69 Å². The Kier molecular flexibility index (Phi) is 4.80. The minimum absolute atomic E-state index is 0.169. The first-order valence-corrected chi connectivity index (χ1v) is 8.17. The summed E-state index contributed by atoms with van der Waals surface area (Å²) in [6, 6.07) is 9.34. The molecule has 1 aliphatic heterocycles. The Labute approximate surface area is 145 Å². The molecule has 1 fully saturated rings. The SMILES string of the molecule is Cc1nn(-c2ccccc2)nc1C(=O)NCC1(C(N)=O)CCOCC1. The van der Waals surface area contributed by atoms with Crippen molar-refractivity contribution in [1.82, 2.24) is 20.3 Å². The molecule has 3 rings (SSSR count). The highest BCUT2D eigenvalue weighted by atomic mass is 16.5. The van der Waals surface area contributed by atoms with Gasteiger partial charge in [0.1, 0.15) is 0 Å². The zero-order chi connectivity index (χ0) is 17.9. The fourth-order valence-electron chi connectivity index (χ4n) is 2.87. The van der Waals surface area contributed by atoms with Gasteiger partial charge in [0.15, 0.2) is 5.69 Å². The first kappa shape index (κ1) is 17.1. The molecule has 25 heavy (non-hydrogen) atoms. The molecular weight excluding hydrogens is 322 g/mol. The summed E-state index contributed by atoms with van der Waals surface area (Å²) >= 11 is 0. The van der Waals surface area contributed by atoms with Gasteiger partial charge in [0.25, 0.3) is 5.91 Å². The van der Waals surface area contributed by atoms with Crippen LogP contribution in [0.1, 0.15) is 29.0 Å². The van der Waals surface area contributed by atoms with E-state index in [1.165, 1.54) is 4.80 Å². The Morgan fingerprint density at radius 3 is 2.56 bits per heavy atom. The first-order valence-electron chi connectivity index (χ1n) is 8.17. The molecule has 0 aliphatic carbocycles. The number of benzene rings is 1. The summed E-state index contributed by atoms with van der Waals surface area (Å²) in [5.74, 6) is -0.785. The summed E-state index contributed by atoms with van der Waals surface area (Å²) < 4.78 is 5.29. The lowest BCUT2D eigenvalue weighted by atomic mass is 9.79. The molecule has 2 aromatic rings. The number of aromatic nitrogens is 3. The Morgan fingerprint density at radius 1 is 1.24 bits per heavy atom. The lowest BCUT2D eigenvalue weighted by Gasteiger charge is -2.34. The molecule has 0 bridgehead atoms. The number of nitrogens with zero attached hydrogens (tertiary/aromatic N) is 3. The number of carbonyl (C=O) groups excluding carboxylic acids is 2. The van der Waals surface area contributed by atoms with Crippen molar-refractivity contribution in [3.63, 3.8) is 0 Å². The molecule has 2 heterocycles. The number of para-hydroxylation sites is 1. The summed E-state index contributed by atoms with van der Waals surface area (Å²) in [4.78, 5) is 25.8. The van der Waals surface area contributed by atoms with Gasteiger partial charge in [-0.25, -0.2) is 0 Å². The summed E-state index contributed by atoms with van der Waals surface area (Å²) in [5, 5.41) is 11.3. The maximum atomic E-state index is 12.5. The Bertz CT molecular complexity index is 766. The number of amides is 2. The molecule has 3 N–H and O–H groups in total. The van der Waals surface area contributed by atoms with E-state index in [9.17, 15) is 9.59 Å². The maximum absolute atomic E-state index is 12.5. The number of hydrogen-bond acceptors (Lipinski definition) is 5. The Balaban J connectivity index is 1.73. The minimum atomic E-state index is -0.767. The monoisotopic (exact) mass is 343 g/mol. The molecule has 0 saturated carbocycles. The number of ether oxygens (including phenoxy) is 1. The van der Waals surface area contributed by atoms with E-state index in [-0.39, 0.29) is 18.1 Å². The van der Waals surface area contributed by atoms with Gasteiger partial charge in [-0.15, -0.1) is 5.10 Å². The third kappa shape index (κ3) is 3.53. The van der Waals surface area contributed by atoms with Gasteiger partial charge in [-0.1, -0.05) is 18.2 Å². The maximum Gasteiger partial charge on any atom is 0.273 e. The molecule has 0 unspecified atom stereocenters. The average Bonchev–Trinajstić information content (AvgIpc) is 3.03. The van der Waals surface area contributed by atoms with Gasteiger partial charge in [0.2, 0.25) is 5.91 Å². The smallest absolute Gasteiger partial charge is 0.273 e. The summed E-state index contributed by atoms with van der Waals surface area (Å²) in [5.41, 5.74) is 6.31. The molecule has 1 aromatic heterocycles. The number of carbonyl (C=O) groups is 2. The van der Waals surface area contributed by atoms with Gasteiger partial charge in [0.05, 0.1) is 16.8 Å². The molecule has 0 radical (unpaired) electrons. The molecule has 0 atom stereocenters. The topological polar surface area (TPSA) is 112 Å². The van der Waals surface area contributed by atoms with Crippen LogP contribution in [0.15, 0.2) is 30.3 Å². The zero-order valence-electron chi connectivity index (χ0n) is 14.1. The van der Waals surface area contributed by atoms with Crippen LogP contribution in [0.2, 0.25) is 0 Å². The van der Waals surface area contributed by atoms with Crippen molar-refractivity contribution in [3.8, 4) is 5.69 Å². The van der Waals surface area contributed by atoms with Crippen LogP contribution in [-0.4, -0.2) is 46.6 Å². The van der Waals surface area contributed by atoms with Crippen molar-refractivity contribution >= 4 is 11.8 Å². The van der Waals surface area contributed by atoms with Crippen molar-refractivity contribution in [1.29, 1.82) is 0 Å². The normalized spacial score (nSPS) is 16.4. The number of aryl methyl sites for hydroxylation is 1. The highest BCUT2D eigenvalue weighted by molar-refractivity contribution is 5.93. The van der Waals surface area contributed by atoms with E-state index in [1.54, 1.807) is 6.92 Å². The third-order valence-electron chi connectivity index (χ3n) is 4.54. The van der Waals surface area contributed by atoms with E-state index in [1.807, 2.05) is 30.3 Å². The largest absolute Gasteiger partial charge is 0.381 e. The van der Waals surface area contributed by atoms with Crippen molar-refractivity contribution in [2.45, 2.75) is 19.8 Å². The molecular formula is C17H21N5O3. The predicted octanol–water partition coefficient (Wildman–Crippen LogP) is 0.588. The second-order valence-corrected chi connectivity index (χ2v) is 6.20. The molecule has 2 amide bonds. The quantitative estimate of drug-likeness (QED) is 0.825. The number of rotatable bonds is 5. The van der Waals surface area contributed by atoms with Crippen LogP contribution in [0, 0.1) is 12.3 Å². The molecule has 1 saturated heterocycles. The van der Waals surface area contributed by atoms with Crippen LogP contribution in [0.25, 0.3) is 5.69 Å². The van der Waals surface area contributed by atoms with Gasteiger partial charge in [-0.2, -0.15) is 9.90 Å². The van der Waals surface area contributed by atoms with Gasteiger partial charge < -0.3 is 15.8 Å².